The summed E-state index contributed by atoms with van der Waals surface area (Å²) in [5, 5.41) is 3.28. The van der Waals surface area contributed by atoms with Gasteiger partial charge in [0.25, 0.3) is 5.91 Å². The third kappa shape index (κ3) is 2.75. The van der Waals surface area contributed by atoms with Crippen molar-refractivity contribution in [2.45, 2.75) is 13.8 Å². The first-order valence-electron chi connectivity index (χ1n) is 7.29. The van der Waals surface area contributed by atoms with Crippen LogP contribution in [0, 0.1) is 6.92 Å². The van der Waals surface area contributed by atoms with Crippen molar-refractivity contribution in [1.29, 1.82) is 0 Å². The molecule has 0 aliphatic carbocycles. The first-order valence-corrected chi connectivity index (χ1v) is 7.67. The maximum atomic E-state index is 12.2. The lowest BCUT2D eigenvalue weighted by Crippen LogP contribution is -2.30. The van der Waals surface area contributed by atoms with Crippen molar-refractivity contribution in [1.82, 2.24) is 14.8 Å². The quantitative estimate of drug-likeness (QED) is 0.693. The average molecular weight is 330 g/mol. The van der Waals surface area contributed by atoms with Gasteiger partial charge < -0.3 is 9.88 Å². The van der Waals surface area contributed by atoms with E-state index in [0.717, 1.165) is 16.9 Å². The van der Waals surface area contributed by atoms with Crippen molar-refractivity contribution in [2.75, 3.05) is 6.54 Å². The minimum Gasteiger partial charge on any atom is -0.317 e. The second kappa shape index (κ2) is 5.93. The first kappa shape index (κ1) is 15.4. The highest BCUT2D eigenvalue weighted by molar-refractivity contribution is 6.31. The summed E-state index contributed by atoms with van der Waals surface area (Å²) in [7, 11) is 0. The minimum atomic E-state index is -0.389. The summed E-state index contributed by atoms with van der Waals surface area (Å²) < 4.78 is 1.91. The van der Waals surface area contributed by atoms with Gasteiger partial charge in [0, 0.05) is 29.1 Å². The van der Waals surface area contributed by atoms with Crippen LogP contribution < -0.4 is 5.32 Å². The molecule has 0 unspecified atom stereocenters. The van der Waals surface area contributed by atoms with Crippen LogP contribution in [0.25, 0.3) is 11.8 Å². The Bertz CT molecular complexity index is 823. The van der Waals surface area contributed by atoms with E-state index in [9.17, 15) is 9.59 Å². The Morgan fingerprint density at radius 1 is 1.26 bits per heavy atom. The molecule has 1 aliphatic heterocycles. The number of aryl methyl sites for hydroxylation is 1. The molecule has 3 rings (SSSR count). The summed E-state index contributed by atoms with van der Waals surface area (Å²) in [5.74, 6) is -0.313. The number of urea groups is 1. The lowest BCUT2D eigenvalue weighted by molar-refractivity contribution is -0.122. The zero-order chi connectivity index (χ0) is 16.6. The molecular formula is C17H16ClN3O2. The lowest BCUT2D eigenvalue weighted by Gasteiger charge is -2.09. The average Bonchev–Trinajstić information content (AvgIpc) is 3.08. The van der Waals surface area contributed by atoms with E-state index >= 15 is 0 Å². The van der Waals surface area contributed by atoms with E-state index in [2.05, 4.69) is 5.32 Å². The summed E-state index contributed by atoms with van der Waals surface area (Å²) in [6, 6.07) is 9.12. The first-order chi connectivity index (χ1) is 11.0. The van der Waals surface area contributed by atoms with Crippen molar-refractivity contribution in [3.05, 3.63) is 58.5 Å². The van der Waals surface area contributed by atoms with Gasteiger partial charge in [-0.2, -0.15) is 0 Å². The van der Waals surface area contributed by atoms with E-state index in [4.69, 9.17) is 11.6 Å². The summed E-state index contributed by atoms with van der Waals surface area (Å²) in [5.41, 5.74) is 2.95. The molecule has 1 aromatic heterocycles. The molecule has 23 heavy (non-hydrogen) atoms. The maximum Gasteiger partial charge on any atom is 0.328 e. The predicted molar refractivity (Wildman–Crippen MR) is 89.4 cm³/mol. The fraction of sp³-hybridized carbons (Fsp3) is 0.176. The number of aromatic nitrogens is 1. The Balaban J connectivity index is 1.99. The molecule has 118 valence electrons. The predicted octanol–water partition coefficient (Wildman–Crippen LogP) is 3.35. The molecule has 1 saturated heterocycles. The smallest absolute Gasteiger partial charge is 0.317 e. The highest BCUT2D eigenvalue weighted by Crippen LogP contribution is 2.22. The molecule has 1 fully saturated rings. The zero-order valence-electron chi connectivity index (χ0n) is 12.8. The molecule has 1 N–H and O–H groups in total. The van der Waals surface area contributed by atoms with Crippen LogP contribution in [0.3, 0.4) is 0 Å². The van der Waals surface area contributed by atoms with Crippen LogP contribution in [0.1, 0.15) is 18.2 Å². The molecule has 1 aliphatic rings. The number of carbonyl (C=O) groups excluding carboxylic acids is 2. The maximum absolute atomic E-state index is 12.2. The van der Waals surface area contributed by atoms with Crippen LogP contribution in [0.5, 0.6) is 0 Å². The van der Waals surface area contributed by atoms with Gasteiger partial charge in [-0.3, -0.25) is 9.69 Å². The van der Waals surface area contributed by atoms with Gasteiger partial charge in [-0.15, -0.1) is 0 Å². The molecule has 1 aromatic carbocycles. The number of hydrogen-bond acceptors (Lipinski definition) is 2. The van der Waals surface area contributed by atoms with Gasteiger partial charge >= 0.3 is 6.03 Å². The minimum absolute atomic E-state index is 0.273. The number of carbonyl (C=O) groups is 2. The molecule has 6 heteroatoms. The lowest BCUT2D eigenvalue weighted by atomic mass is 10.2. The topological polar surface area (TPSA) is 54.3 Å². The molecule has 0 bridgehead atoms. The molecule has 2 heterocycles. The third-order valence-electron chi connectivity index (χ3n) is 3.78. The van der Waals surface area contributed by atoms with Crippen molar-refractivity contribution in [3.63, 3.8) is 0 Å². The number of amides is 3. The van der Waals surface area contributed by atoms with Crippen LogP contribution in [-0.2, 0) is 4.79 Å². The van der Waals surface area contributed by atoms with E-state index in [1.54, 1.807) is 13.0 Å². The number of nitrogens with zero attached hydrogens (tertiary/aromatic N) is 2. The summed E-state index contributed by atoms with van der Waals surface area (Å²) in [6.07, 6.45) is 3.55. The Labute approximate surface area is 139 Å². The Morgan fingerprint density at radius 3 is 2.70 bits per heavy atom. The van der Waals surface area contributed by atoms with Crippen LogP contribution in [0.15, 0.2) is 42.2 Å². The van der Waals surface area contributed by atoms with E-state index in [-0.39, 0.29) is 17.6 Å². The van der Waals surface area contributed by atoms with Gasteiger partial charge in [0.15, 0.2) is 0 Å². The molecular weight excluding hydrogens is 314 g/mol. The largest absolute Gasteiger partial charge is 0.328 e. The van der Waals surface area contributed by atoms with Crippen LogP contribution in [-0.4, -0.2) is 28.0 Å². The molecule has 0 radical (unpaired) electrons. The number of benzene rings is 1. The SMILES string of the molecule is CCN1C(=O)N/C(=C/c2cccn2-c2ccc(C)c(Cl)c2)C1=O. The zero-order valence-corrected chi connectivity index (χ0v) is 13.6. The van der Waals surface area contributed by atoms with Crippen LogP contribution >= 0.6 is 11.6 Å². The number of halogens is 1. The molecule has 0 atom stereocenters. The van der Waals surface area contributed by atoms with Crippen molar-refractivity contribution >= 4 is 29.6 Å². The van der Waals surface area contributed by atoms with Gasteiger partial charge in [-0.1, -0.05) is 17.7 Å². The number of likely N-dealkylation sites (N-methyl/N-ethyl adjacent to an activating group) is 1. The van der Waals surface area contributed by atoms with Crippen molar-refractivity contribution < 1.29 is 9.59 Å². The van der Waals surface area contributed by atoms with Crippen molar-refractivity contribution in [3.8, 4) is 5.69 Å². The molecule has 3 amide bonds. The molecule has 5 nitrogen and oxygen atoms in total. The van der Waals surface area contributed by atoms with E-state index < -0.39 is 0 Å². The number of nitrogens with one attached hydrogen (secondary N) is 1. The highest BCUT2D eigenvalue weighted by Gasteiger charge is 2.32. The normalized spacial score (nSPS) is 16.3. The second-order valence-electron chi connectivity index (χ2n) is 5.27. The molecule has 0 saturated carbocycles. The fourth-order valence-corrected chi connectivity index (χ4v) is 2.66. The van der Waals surface area contributed by atoms with E-state index in [0.29, 0.717) is 11.6 Å². The molecule has 2 aromatic rings. The number of imide groups is 1. The summed E-state index contributed by atoms with van der Waals surface area (Å²) in [4.78, 5) is 25.1. The van der Waals surface area contributed by atoms with Gasteiger partial charge in [-0.05, 0) is 49.8 Å². The Morgan fingerprint density at radius 2 is 2.04 bits per heavy atom. The van der Waals surface area contributed by atoms with Crippen LogP contribution in [0.4, 0.5) is 4.79 Å². The van der Waals surface area contributed by atoms with Gasteiger partial charge in [0.05, 0.1) is 0 Å². The van der Waals surface area contributed by atoms with Gasteiger partial charge in [0.1, 0.15) is 5.70 Å². The monoisotopic (exact) mass is 329 g/mol. The Hall–Kier alpha value is -2.53. The fourth-order valence-electron chi connectivity index (χ4n) is 2.49. The summed E-state index contributed by atoms with van der Waals surface area (Å²) >= 11 is 6.19. The third-order valence-corrected chi connectivity index (χ3v) is 4.19. The number of rotatable bonds is 3. The van der Waals surface area contributed by atoms with Crippen LogP contribution in [0.2, 0.25) is 5.02 Å². The van der Waals surface area contributed by atoms with Gasteiger partial charge in [-0.25, -0.2) is 4.79 Å². The highest BCUT2D eigenvalue weighted by atomic mass is 35.5. The number of hydrogen-bond donors (Lipinski definition) is 1. The summed E-state index contributed by atoms with van der Waals surface area (Å²) in [6.45, 7) is 4.05. The van der Waals surface area contributed by atoms with Gasteiger partial charge in [0.2, 0.25) is 0 Å². The van der Waals surface area contributed by atoms with Crippen molar-refractivity contribution in [2.24, 2.45) is 0 Å². The standard InChI is InChI=1S/C17H16ClN3O2/c1-3-20-16(22)15(19-17(20)23)10-12-5-4-8-21(12)13-7-6-11(2)14(18)9-13/h4-10H,3H2,1-2H3,(H,19,23)/b15-10+. The second-order valence-corrected chi connectivity index (χ2v) is 5.68. The van der Waals surface area contributed by atoms with E-state index in [1.165, 1.54) is 4.90 Å². The molecule has 0 spiro atoms. The Kier molecular flexibility index (Phi) is 3.96. The van der Waals surface area contributed by atoms with E-state index in [1.807, 2.05) is 48.0 Å².